The van der Waals surface area contributed by atoms with Gasteiger partial charge < -0.3 is 19.5 Å². The van der Waals surface area contributed by atoms with E-state index in [1.807, 2.05) is 30.3 Å². The lowest BCUT2D eigenvalue weighted by molar-refractivity contribution is -0.310. The van der Waals surface area contributed by atoms with Crippen LogP contribution >= 0.6 is 0 Å². The Kier molecular flexibility index (Phi) is 4.28. The van der Waals surface area contributed by atoms with Gasteiger partial charge in [-0.1, -0.05) is 30.3 Å². The van der Waals surface area contributed by atoms with Crippen LogP contribution in [0.4, 0.5) is 5.69 Å². The maximum absolute atomic E-state index is 11.9. The predicted octanol–water partition coefficient (Wildman–Crippen LogP) is 1.37. The van der Waals surface area contributed by atoms with Crippen molar-refractivity contribution in [3.05, 3.63) is 60.2 Å². The molecule has 0 spiro atoms. The first-order chi connectivity index (χ1) is 11.1. The number of amides is 1. The van der Waals surface area contributed by atoms with Crippen LogP contribution in [0.2, 0.25) is 0 Å². The molecule has 5 heteroatoms. The second-order valence-electron chi connectivity index (χ2n) is 5.49. The van der Waals surface area contributed by atoms with E-state index in [4.69, 9.17) is 4.74 Å². The van der Waals surface area contributed by atoms with Crippen LogP contribution in [0.1, 0.15) is 12.0 Å². The minimum absolute atomic E-state index is 0.00537. The molecule has 23 heavy (non-hydrogen) atoms. The number of ether oxygens (including phenoxy) is 1. The topological polar surface area (TPSA) is 69.7 Å². The van der Waals surface area contributed by atoms with Gasteiger partial charge in [0.05, 0.1) is 0 Å². The van der Waals surface area contributed by atoms with E-state index in [2.05, 4.69) is 0 Å². The molecule has 1 amide bonds. The zero-order chi connectivity index (χ0) is 16.2. The van der Waals surface area contributed by atoms with Gasteiger partial charge in [-0.05, 0) is 29.8 Å². The highest BCUT2D eigenvalue weighted by Gasteiger charge is 2.31. The lowest BCUT2D eigenvalue weighted by Crippen LogP contribution is -2.33. The largest absolute Gasteiger partial charge is 0.550 e. The van der Waals surface area contributed by atoms with Crippen molar-refractivity contribution >= 4 is 17.6 Å². The first kappa shape index (κ1) is 15.1. The van der Waals surface area contributed by atoms with Crippen molar-refractivity contribution in [2.24, 2.45) is 5.92 Å². The number of hydrogen-bond acceptors (Lipinski definition) is 4. The average molecular weight is 310 g/mol. The number of carbonyl (C=O) groups is 2. The van der Waals surface area contributed by atoms with Crippen molar-refractivity contribution in [2.75, 3.05) is 11.4 Å². The summed E-state index contributed by atoms with van der Waals surface area (Å²) in [6, 6.07) is 16.9. The van der Waals surface area contributed by atoms with Crippen molar-refractivity contribution in [1.29, 1.82) is 0 Å². The number of nitrogens with zero attached hydrogens (tertiary/aromatic N) is 1. The van der Waals surface area contributed by atoms with Crippen molar-refractivity contribution < 1.29 is 19.4 Å². The number of aliphatic carboxylic acids is 1. The molecular formula is C18H16NO4-. The van der Waals surface area contributed by atoms with Gasteiger partial charge in [-0.15, -0.1) is 0 Å². The van der Waals surface area contributed by atoms with E-state index >= 15 is 0 Å². The number of hydrogen-bond donors (Lipinski definition) is 0. The molecule has 1 saturated heterocycles. The average Bonchev–Trinajstić information content (AvgIpc) is 2.97. The van der Waals surface area contributed by atoms with Crippen LogP contribution in [0.25, 0.3) is 0 Å². The van der Waals surface area contributed by atoms with Crippen LogP contribution in [0.5, 0.6) is 5.75 Å². The third-order valence-corrected chi connectivity index (χ3v) is 3.86. The monoisotopic (exact) mass is 310 g/mol. The standard InChI is InChI=1S/C18H17NO4/c20-17-10-14(18(21)22)11-19(17)15-6-8-16(9-7-15)23-12-13-4-2-1-3-5-13/h1-9,14H,10-12H2,(H,21,22)/p-1/t14-/m1/s1. The quantitative estimate of drug-likeness (QED) is 0.836. The molecule has 0 bridgehead atoms. The Bertz CT molecular complexity index is 697. The number of carboxylic acids is 1. The number of anilines is 1. The van der Waals surface area contributed by atoms with E-state index in [0.29, 0.717) is 18.0 Å². The molecule has 5 nitrogen and oxygen atoms in total. The Morgan fingerprint density at radius 2 is 1.83 bits per heavy atom. The van der Waals surface area contributed by atoms with Gasteiger partial charge in [-0.25, -0.2) is 0 Å². The van der Waals surface area contributed by atoms with Crippen molar-refractivity contribution in [2.45, 2.75) is 13.0 Å². The van der Waals surface area contributed by atoms with Gasteiger partial charge >= 0.3 is 0 Å². The molecule has 1 heterocycles. The Labute approximate surface area is 134 Å². The molecule has 0 aliphatic carbocycles. The van der Waals surface area contributed by atoms with Gasteiger partial charge in [0.15, 0.2) is 0 Å². The first-order valence-electron chi connectivity index (χ1n) is 7.41. The number of rotatable bonds is 5. The summed E-state index contributed by atoms with van der Waals surface area (Å²) in [5.74, 6) is -1.42. The predicted molar refractivity (Wildman–Crippen MR) is 82.7 cm³/mol. The fourth-order valence-electron chi connectivity index (χ4n) is 2.58. The molecule has 1 atom stereocenters. The fraction of sp³-hybridized carbons (Fsp3) is 0.222. The van der Waals surface area contributed by atoms with Gasteiger partial charge in [0.25, 0.3) is 0 Å². The summed E-state index contributed by atoms with van der Waals surface area (Å²) < 4.78 is 5.69. The maximum atomic E-state index is 11.9. The van der Waals surface area contributed by atoms with E-state index in [1.165, 1.54) is 4.90 Å². The normalized spacial score (nSPS) is 17.3. The first-order valence-corrected chi connectivity index (χ1v) is 7.41. The second-order valence-corrected chi connectivity index (χ2v) is 5.49. The zero-order valence-electron chi connectivity index (χ0n) is 12.5. The Morgan fingerprint density at radius 1 is 1.13 bits per heavy atom. The summed E-state index contributed by atoms with van der Waals surface area (Å²) in [6.07, 6.45) is -0.00537. The molecule has 0 N–H and O–H groups in total. The molecule has 0 unspecified atom stereocenters. The van der Waals surface area contributed by atoms with Gasteiger partial charge in [-0.3, -0.25) is 4.79 Å². The lowest BCUT2D eigenvalue weighted by Gasteiger charge is -2.17. The maximum Gasteiger partial charge on any atom is 0.227 e. The van der Waals surface area contributed by atoms with E-state index in [-0.39, 0.29) is 18.9 Å². The fourth-order valence-corrected chi connectivity index (χ4v) is 2.58. The van der Waals surface area contributed by atoms with Crippen molar-refractivity contribution in [3.63, 3.8) is 0 Å². The SMILES string of the molecule is O=C([O-])[C@@H]1CC(=O)N(c2ccc(OCc3ccccc3)cc2)C1. The number of benzene rings is 2. The van der Waals surface area contributed by atoms with E-state index < -0.39 is 11.9 Å². The molecule has 0 aromatic heterocycles. The minimum Gasteiger partial charge on any atom is -0.550 e. The highest BCUT2D eigenvalue weighted by Crippen LogP contribution is 2.26. The van der Waals surface area contributed by atoms with Gasteiger partial charge in [0.1, 0.15) is 12.4 Å². The third kappa shape index (κ3) is 3.51. The van der Waals surface area contributed by atoms with Crippen LogP contribution in [0.15, 0.2) is 54.6 Å². The number of carbonyl (C=O) groups excluding carboxylic acids is 2. The molecular weight excluding hydrogens is 294 g/mol. The summed E-state index contributed by atoms with van der Waals surface area (Å²) in [7, 11) is 0. The van der Waals surface area contributed by atoms with Gasteiger partial charge in [-0.2, -0.15) is 0 Å². The van der Waals surface area contributed by atoms with Gasteiger partial charge in [0, 0.05) is 30.5 Å². The van der Waals surface area contributed by atoms with Gasteiger partial charge in [0.2, 0.25) is 5.91 Å². The molecule has 1 aliphatic rings. The third-order valence-electron chi connectivity index (χ3n) is 3.86. The smallest absolute Gasteiger partial charge is 0.227 e. The van der Waals surface area contributed by atoms with E-state index in [0.717, 1.165) is 5.56 Å². The number of carboxylic acid groups (broad SMARTS) is 1. The van der Waals surface area contributed by atoms with Crippen molar-refractivity contribution in [3.8, 4) is 5.75 Å². The summed E-state index contributed by atoms with van der Waals surface area (Å²) in [5.41, 5.74) is 1.74. The zero-order valence-corrected chi connectivity index (χ0v) is 12.5. The summed E-state index contributed by atoms with van der Waals surface area (Å²) in [5, 5.41) is 10.9. The molecule has 2 aromatic rings. The summed E-state index contributed by atoms with van der Waals surface area (Å²) in [4.78, 5) is 24.3. The van der Waals surface area contributed by atoms with E-state index in [9.17, 15) is 14.7 Å². The van der Waals surface area contributed by atoms with Crippen LogP contribution < -0.4 is 14.7 Å². The van der Waals surface area contributed by atoms with Crippen LogP contribution in [0.3, 0.4) is 0 Å². The molecule has 0 saturated carbocycles. The second kappa shape index (κ2) is 6.52. The van der Waals surface area contributed by atoms with E-state index in [1.54, 1.807) is 24.3 Å². The van der Waals surface area contributed by atoms with Crippen LogP contribution in [-0.2, 0) is 16.2 Å². The Balaban J connectivity index is 1.63. The lowest BCUT2D eigenvalue weighted by atomic mass is 10.1. The molecule has 1 aliphatic heterocycles. The Hall–Kier alpha value is -2.82. The highest BCUT2D eigenvalue weighted by molar-refractivity contribution is 5.98. The molecule has 118 valence electrons. The molecule has 0 radical (unpaired) electrons. The Morgan fingerprint density at radius 3 is 2.43 bits per heavy atom. The molecule has 1 fully saturated rings. The van der Waals surface area contributed by atoms with Crippen LogP contribution in [0, 0.1) is 5.92 Å². The van der Waals surface area contributed by atoms with Crippen LogP contribution in [-0.4, -0.2) is 18.4 Å². The molecule has 3 rings (SSSR count). The highest BCUT2D eigenvalue weighted by atomic mass is 16.5. The molecule has 2 aromatic carbocycles. The minimum atomic E-state index is -1.18. The summed E-state index contributed by atoms with van der Waals surface area (Å²) in [6.45, 7) is 0.626. The summed E-state index contributed by atoms with van der Waals surface area (Å²) >= 11 is 0. The van der Waals surface area contributed by atoms with Crippen molar-refractivity contribution in [1.82, 2.24) is 0 Å².